The van der Waals surface area contributed by atoms with Crippen LogP contribution in [0.15, 0.2) is 4.99 Å². The van der Waals surface area contributed by atoms with Crippen molar-refractivity contribution < 1.29 is 9.47 Å². The van der Waals surface area contributed by atoms with E-state index in [0.29, 0.717) is 11.3 Å². The maximum absolute atomic E-state index is 5.47. The zero-order valence-electron chi connectivity index (χ0n) is 14.3. The lowest BCUT2D eigenvalue weighted by Crippen LogP contribution is -2.41. The molecule has 1 atom stereocenters. The van der Waals surface area contributed by atoms with E-state index in [2.05, 4.69) is 24.2 Å². The molecule has 6 heteroatoms. The lowest BCUT2D eigenvalue weighted by atomic mass is 10.0. The molecule has 0 amide bonds. The van der Waals surface area contributed by atoms with E-state index < -0.39 is 0 Å². The summed E-state index contributed by atoms with van der Waals surface area (Å²) in [6.07, 6.45) is 4.88. The Balaban J connectivity index is 0.00000242. The molecule has 2 rings (SSSR count). The fourth-order valence-corrected chi connectivity index (χ4v) is 2.90. The fraction of sp³-hybridized carbons (Fsp3) is 0.938. The average molecular weight is 425 g/mol. The molecular formula is C16H32IN3O2. The van der Waals surface area contributed by atoms with E-state index in [1.807, 2.05) is 0 Å². The number of hydrogen-bond acceptors (Lipinski definition) is 3. The predicted molar refractivity (Wildman–Crippen MR) is 101 cm³/mol. The molecule has 2 fully saturated rings. The number of aliphatic imine (C=N–C) groups is 1. The Labute approximate surface area is 152 Å². The molecule has 1 aliphatic heterocycles. The SMILES string of the molecule is CCNC(=NCC1(CCOC)CC1)N(C)CC1CCOC1.I. The summed E-state index contributed by atoms with van der Waals surface area (Å²) in [6.45, 7) is 7.63. The predicted octanol–water partition coefficient (Wildman–Crippen LogP) is 2.35. The molecular weight excluding hydrogens is 393 g/mol. The number of rotatable bonds is 8. The van der Waals surface area contributed by atoms with E-state index in [4.69, 9.17) is 14.5 Å². The molecule has 1 unspecified atom stereocenters. The minimum absolute atomic E-state index is 0. The molecule has 0 aromatic rings. The Hall–Kier alpha value is -0.0800. The van der Waals surface area contributed by atoms with Crippen molar-refractivity contribution in [3.63, 3.8) is 0 Å². The Morgan fingerprint density at radius 3 is 2.77 bits per heavy atom. The normalized spacial score (nSPS) is 23.0. The van der Waals surface area contributed by atoms with Crippen LogP contribution in [0.25, 0.3) is 0 Å². The molecule has 130 valence electrons. The summed E-state index contributed by atoms with van der Waals surface area (Å²) in [4.78, 5) is 7.14. The van der Waals surface area contributed by atoms with Crippen molar-refractivity contribution >= 4 is 29.9 Å². The quantitative estimate of drug-likeness (QED) is 0.369. The molecule has 1 saturated carbocycles. The van der Waals surface area contributed by atoms with E-state index in [9.17, 15) is 0 Å². The number of methoxy groups -OCH3 is 1. The van der Waals surface area contributed by atoms with Gasteiger partial charge in [0.25, 0.3) is 0 Å². The van der Waals surface area contributed by atoms with Crippen LogP contribution < -0.4 is 5.32 Å². The van der Waals surface area contributed by atoms with Crippen LogP contribution in [0.2, 0.25) is 0 Å². The van der Waals surface area contributed by atoms with Gasteiger partial charge < -0.3 is 19.7 Å². The second kappa shape index (κ2) is 9.93. The van der Waals surface area contributed by atoms with E-state index in [1.165, 1.54) is 19.3 Å². The van der Waals surface area contributed by atoms with E-state index in [-0.39, 0.29) is 24.0 Å². The number of halogens is 1. The van der Waals surface area contributed by atoms with Gasteiger partial charge in [-0.15, -0.1) is 24.0 Å². The van der Waals surface area contributed by atoms with Gasteiger partial charge in [0.05, 0.1) is 6.61 Å². The molecule has 0 aromatic carbocycles. The Kier molecular flexibility index (Phi) is 9.01. The van der Waals surface area contributed by atoms with Crippen molar-refractivity contribution in [2.45, 2.75) is 32.6 Å². The molecule has 0 spiro atoms. The van der Waals surface area contributed by atoms with Gasteiger partial charge in [0.2, 0.25) is 0 Å². The number of guanidine groups is 1. The van der Waals surface area contributed by atoms with Crippen LogP contribution in [0.5, 0.6) is 0 Å². The van der Waals surface area contributed by atoms with Crippen molar-refractivity contribution in [3.8, 4) is 0 Å². The minimum Gasteiger partial charge on any atom is -0.385 e. The highest BCUT2D eigenvalue weighted by Gasteiger charge is 2.41. The monoisotopic (exact) mass is 425 g/mol. The first-order chi connectivity index (χ1) is 10.2. The maximum atomic E-state index is 5.47. The summed E-state index contributed by atoms with van der Waals surface area (Å²) in [5.74, 6) is 1.68. The first kappa shape index (κ1) is 20.0. The van der Waals surface area contributed by atoms with Crippen LogP contribution in [0.4, 0.5) is 0 Å². The fourth-order valence-electron chi connectivity index (χ4n) is 2.90. The second-order valence-electron chi connectivity index (χ2n) is 6.52. The van der Waals surface area contributed by atoms with E-state index in [0.717, 1.165) is 51.8 Å². The van der Waals surface area contributed by atoms with Gasteiger partial charge in [-0.3, -0.25) is 4.99 Å². The van der Waals surface area contributed by atoms with Crippen LogP contribution in [0.1, 0.15) is 32.6 Å². The van der Waals surface area contributed by atoms with E-state index in [1.54, 1.807) is 7.11 Å². The third-order valence-corrected chi connectivity index (χ3v) is 4.61. The molecule has 5 nitrogen and oxygen atoms in total. The van der Waals surface area contributed by atoms with Gasteiger partial charge >= 0.3 is 0 Å². The zero-order chi connectivity index (χ0) is 15.1. The molecule has 0 bridgehead atoms. The van der Waals surface area contributed by atoms with Gasteiger partial charge in [0.15, 0.2) is 5.96 Å². The first-order valence-electron chi connectivity index (χ1n) is 8.25. The lowest BCUT2D eigenvalue weighted by Gasteiger charge is -2.25. The van der Waals surface area contributed by atoms with Crippen molar-refractivity contribution in [1.29, 1.82) is 0 Å². The van der Waals surface area contributed by atoms with Gasteiger partial charge in [0, 0.05) is 52.9 Å². The molecule has 2 aliphatic rings. The topological polar surface area (TPSA) is 46.1 Å². The van der Waals surface area contributed by atoms with E-state index >= 15 is 0 Å². The van der Waals surface area contributed by atoms with Crippen LogP contribution in [-0.2, 0) is 9.47 Å². The number of ether oxygens (including phenoxy) is 2. The molecule has 1 saturated heterocycles. The number of nitrogens with zero attached hydrogens (tertiary/aromatic N) is 2. The molecule has 1 aliphatic carbocycles. The Morgan fingerprint density at radius 1 is 1.45 bits per heavy atom. The smallest absolute Gasteiger partial charge is 0.193 e. The number of hydrogen-bond donors (Lipinski definition) is 1. The van der Waals surface area contributed by atoms with Crippen LogP contribution in [0.3, 0.4) is 0 Å². The first-order valence-corrected chi connectivity index (χ1v) is 8.25. The van der Waals surface area contributed by atoms with Crippen LogP contribution in [-0.4, -0.2) is 64.5 Å². The molecule has 22 heavy (non-hydrogen) atoms. The summed E-state index contributed by atoms with van der Waals surface area (Å²) in [5.41, 5.74) is 0.411. The zero-order valence-corrected chi connectivity index (χ0v) is 16.6. The van der Waals surface area contributed by atoms with Crippen LogP contribution >= 0.6 is 24.0 Å². The Morgan fingerprint density at radius 2 is 2.23 bits per heavy atom. The summed E-state index contributed by atoms with van der Waals surface area (Å²) >= 11 is 0. The summed E-state index contributed by atoms with van der Waals surface area (Å²) in [7, 11) is 3.91. The third-order valence-electron chi connectivity index (χ3n) is 4.61. The summed E-state index contributed by atoms with van der Waals surface area (Å²) in [5, 5.41) is 3.42. The highest BCUT2D eigenvalue weighted by molar-refractivity contribution is 14.0. The largest absolute Gasteiger partial charge is 0.385 e. The van der Waals surface area contributed by atoms with Gasteiger partial charge in [-0.05, 0) is 38.0 Å². The third kappa shape index (κ3) is 6.20. The Bertz CT molecular complexity index is 342. The minimum atomic E-state index is 0. The standard InChI is InChI=1S/C16H31N3O2.HI/c1-4-17-15(19(2)11-14-5-9-21-12-14)18-13-16(6-7-16)8-10-20-3;/h14H,4-13H2,1-3H3,(H,17,18);1H. The van der Waals surface area contributed by atoms with Crippen molar-refractivity contribution in [2.24, 2.45) is 16.3 Å². The molecule has 0 radical (unpaired) electrons. The van der Waals surface area contributed by atoms with Crippen molar-refractivity contribution in [1.82, 2.24) is 10.2 Å². The summed E-state index contributed by atoms with van der Waals surface area (Å²) < 4.78 is 10.7. The average Bonchev–Trinajstić information content (AvgIpc) is 3.07. The molecule has 1 N–H and O–H groups in total. The molecule has 0 aromatic heterocycles. The second-order valence-corrected chi connectivity index (χ2v) is 6.52. The number of nitrogens with one attached hydrogen (secondary N) is 1. The maximum Gasteiger partial charge on any atom is 0.193 e. The van der Waals surface area contributed by atoms with Gasteiger partial charge in [-0.1, -0.05) is 0 Å². The van der Waals surface area contributed by atoms with Gasteiger partial charge in [-0.2, -0.15) is 0 Å². The molecule has 1 heterocycles. The van der Waals surface area contributed by atoms with Gasteiger partial charge in [0.1, 0.15) is 0 Å². The summed E-state index contributed by atoms with van der Waals surface area (Å²) in [6, 6.07) is 0. The lowest BCUT2D eigenvalue weighted by molar-refractivity contribution is 0.173. The van der Waals surface area contributed by atoms with Crippen molar-refractivity contribution in [3.05, 3.63) is 0 Å². The highest BCUT2D eigenvalue weighted by atomic mass is 127. The van der Waals surface area contributed by atoms with Crippen LogP contribution in [0, 0.1) is 11.3 Å². The van der Waals surface area contributed by atoms with Gasteiger partial charge in [-0.25, -0.2) is 0 Å². The highest BCUT2D eigenvalue weighted by Crippen LogP contribution is 2.49. The van der Waals surface area contributed by atoms with Crippen molar-refractivity contribution in [2.75, 3.05) is 53.6 Å².